The van der Waals surface area contributed by atoms with Gasteiger partial charge in [0.1, 0.15) is 5.75 Å². The summed E-state index contributed by atoms with van der Waals surface area (Å²) in [6, 6.07) is 7.93. The van der Waals surface area contributed by atoms with Gasteiger partial charge in [-0.15, -0.1) is 0 Å². The van der Waals surface area contributed by atoms with Crippen molar-refractivity contribution in [3.63, 3.8) is 0 Å². The third-order valence-corrected chi connectivity index (χ3v) is 5.76. The van der Waals surface area contributed by atoms with Crippen molar-refractivity contribution in [2.24, 2.45) is 5.73 Å². The van der Waals surface area contributed by atoms with Gasteiger partial charge in [0.25, 0.3) is 0 Å². The summed E-state index contributed by atoms with van der Waals surface area (Å²) in [6.45, 7) is 1.81. The Bertz CT molecular complexity index is 1070. The Morgan fingerprint density at radius 3 is 2.64 bits per heavy atom. The number of allylic oxidation sites excluding steroid dienone is 1. The van der Waals surface area contributed by atoms with Gasteiger partial charge >= 0.3 is 0 Å². The highest BCUT2D eigenvalue weighted by Gasteiger charge is 2.23. The summed E-state index contributed by atoms with van der Waals surface area (Å²) in [5.74, 6) is 2.21. The summed E-state index contributed by atoms with van der Waals surface area (Å²) in [5.41, 5.74) is 8.11. The van der Waals surface area contributed by atoms with E-state index in [1.807, 2.05) is 6.26 Å². The number of carbonyl (C=O) groups is 2. The molecule has 2 aromatic carbocycles. The zero-order valence-corrected chi connectivity index (χ0v) is 19.9. The SMILES string of the molecule is COc1ccc(C=C(C)C(=O)c2cc(OC)c3c(c2)OCO3)cc1NC(=O)C(N)CCSC. The van der Waals surface area contributed by atoms with Crippen molar-refractivity contribution in [2.75, 3.05) is 38.3 Å². The first-order valence-electron chi connectivity index (χ1n) is 10.3. The minimum atomic E-state index is -0.620. The van der Waals surface area contributed by atoms with Crippen LogP contribution in [-0.2, 0) is 4.79 Å². The fraction of sp³-hybridized carbons (Fsp3) is 0.333. The molecule has 176 valence electrons. The van der Waals surface area contributed by atoms with Crippen molar-refractivity contribution in [3.05, 3.63) is 47.0 Å². The molecule has 0 saturated carbocycles. The number of hydrogen-bond acceptors (Lipinski definition) is 8. The number of ketones is 1. The normalized spacial score (nSPS) is 13.4. The fourth-order valence-electron chi connectivity index (χ4n) is 3.32. The average molecular weight is 473 g/mol. The first-order chi connectivity index (χ1) is 15.9. The number of thioether (sulfide) groups is 1. The summed E-state index contributed by atoms with van der Waals surface area (Å²) in [6.07, 6.45) is 4.27. The van der Waals surface area contributed by atoms with E-state index in [1.54, 1.807) is 55.1 Å². The molecule has 0 fully saturated rings. The van der Waals surface area contributed by atoms with E-state index >= 15 is 0 Å². The zero-order valence-electron chi connectivity index (χ0n) is 19.1. The molecule has 0 bridgehead atoms. The molecule has 0 radical (unpaired) electrons. The molecular weight excluding hydrogens is 444 g/mol. The van der Waals surface area contributed by atoms with E-state index in [9.17, 15) is 9.59 Å². The Labute approximate surface area is 197 Å². The van der Waals surface area contributed by atoms with Gasteiger partial charge < -0.3 is 30.0 Å². The molecule has 0 aliphatic carbocycles. The van der Waals surface area contributed by atoms with Crippen LogP contribution in [0.4, 0.5) is 5.69 Å². The summed E-state index contributed by atoms with van der Waals surface area (Å²) in [4.78, 5) is 25.5. The molecule has 0 aromatic heterocycles. The van der Waals surface area contributed by atoms with E-state index < -0.39 is 6.04 Å². The van der Waals surface area contributed by atoms with Crippen molar-refractivity contribution < 1.29 is 28.5 Å². The molecule has 0 spiro atoms. The minimum absolute atomic E-state index is 0.0828. The van der Waals surface area contributed by atoms with Gasteiger partial charge in [0.05, 0.1) is 25.9 Å². The molecular formula is C24H28N2O6S. The molecule has 2 aromatic rings. The molecule has 1 unspecified atom stereocenters. The predicted molar refractivity (Wildman–Crippen MR) is 130 cm³/mol. The number of ether oxygens (including phenoxy) is 4. The highest BCUT2D eigenvalue weighted by Crippen LogP contribution is 2.42. The Balaban J connectivity index is 1.83. The van der Waals surface area contributed by atoms with E-state index in [-0.39, 0.29) is 18.5 Å². The van der Waals surface area contributed by atoms with Crippen LogP contribution in [0.5, 0.6) is 23.0 Å². The van der Waals surface area contributed by atoms with Gasteiger partial charge in [-0.2, -0.15) is 11.8 Å². The lowest BCUT2D eigenvalue weighted by Gasteiger charge is -2.15. The zero-order chi connectivity index (χ0) is 24.0. The molecule has 33 heavy (non-hydrogen) atoms. The van der Waals surface area contributed by atoms with Crippen LogP contribution in [0.2, 0.25) is 0 Å². The summed E-state index contributed by atoms with van der Waals surface area (Å²) in [7, 11) is 3.03. The van der Waals surface area contributed by atoms with Gasteiger partial charge in [0.15, 0.2) is 17.3 Å². The van der Waals surface area contributed by atoms with Gasteiger partial charge in [-0.05, 0) is 66.8 Å². The maximum Gasteiger partial charge on any atom is 0.241 e. The molecule has 1 aliphatic heterocycles. The number of carbonyl (C=O) groups excluding carboxylic acids is 2. The summed E-state index contributed by atoms with van der Waals surface area (Å²) >= 11 is 1.63. The van der Waals surface area contributed by atoms with E-state index in [1.165, 1.54) is 14.2 Å². The van der Waals surface area contributed by atoms with Crippen LogP contribution in [0, 0.1) is 0 Å². The van der Waals surface area contributed by atoms with Gasteiger partial charge in [-0.1, -0.05) is 6.07 Å². The maximum absolute atomic E-state index is 13.1. The number of amides is 1. The molecule has 1 heterocycles. The number of rotatable bonds is 10. The number of benzene rings is 2. The minimum Gasteiger partial charge on any atom is -0.495 e. The van der Waals surface area contributed by atoms with Crippen LogP contribution >= 0.6 is 11.8 Å². The lowest BCUT2D eigenvalue weighted by Crippen LogP contribution is -2.36. The van der Waals surface area contributed by atoms with Gasteiger partial charge in [-0.3, -0.25) is 9.59 Å². The predicted octanol–water partition coefficient (Wildman–Crippen LogP) is 3.74. The number of methoxy groups -OCH3 is 2. The smallest absolute Gasteiger partial charge is 0.241 e. The fourth-order valence-corrected chi connectivity index (χ4v) is 3.81. The van der Waals surface area contributed by atoms with Crippen molar-refractivity contribution in [2.45, 2.75) is 19.4 Å². The standard InChI is InChI=1S/C24H28N2O6S/c1-14(22(27)16-11-20(30-3)23-21(12-16)31-13-32-23)9-15-5-6-19(29-2)18(10-15)26-24(28)17(25)7-8-33-4/h5-6,9-12,17H,7-8,13,25H2,1-4H3,(H,26,28). The van der Waals surface area contributed by atoms with Crippen LogP contribution in [0.1, 0.15) is 29.3 Å². The molecule has 8 nitrogen and oxygen atoms in total. The van der Waals surface area contributed by atoms with E-state index in [0.29, 0.717) is 46.2 Å². The third kappa shape index (κ3) is 5.80. The number of nitrogens with two attached hydrogens (primary N) is 1. The molecule has 3 N–H and O–H groups in total. The Kier molecular flexibility index (Phi) is 8.24. The van der Waals surface area contributed by atoms with Crippen LogP contribution in [0.15, 0.2) is 35.9 Å². The first-order valence-corrected chi connectivity index (χ1v) is 11.7. The second-order valence-electron chi connectivity index (χ2n) is 7.41. The molecule has 0 saturated heterocycles. The van der Waals surface area contributed by atoms with Crippen LogP contribution in [0.25, 0.3) is 6.08 Å². The second-order valence-corrected chi connectivity index (χ2v) is 8.39. The third-order valence-electron chi connectivity index (χ3n) is 5.11. The number of anilines is 1. The Hall–Kier alpha value is -3.17. The van der Waals surface area contributed by atoms with E-state index in [0.717, 1.165) is 11.3 Å². The molecule has 1 amide bonds. The molecule has 3 rings (SSSR count). The summed E-state index contributed by atoms with van der Waals surface area (Å²) in [5, 5.41) is 2.83. The molecule has 9 heteroatoms. The number of hydrogen-bond donors (Lipinski definition) is 2. The molecule has 1 atom stereocenters. The average Bonchev–Trinajstić information content (AvgIpc) is 3.30. The Morgan fingerprint density at radius 2 is 1.94 bits per heavy atom. The second kappa shape index (κ2) is 11.1. The number of Topliss-reactive ketones (excluding diaryl/α,β-unsaturated/α-hetero) is 1. The monoisotopic (exact) mass is 472 g/mol. The molecule has 1 aliphatic rings. The Morgan fingerprint density at radius 1 is 1.18 bits per heavy atom. The van der Waals surface area contributed by atoms with Gasteiger partial charge in [-0.25, -0.2) is 0 Å². The maximum atomic E-state index is 13.1. The van der Waals surface area contributed by atoms with Crippen molar-refractivity contribution in [1.29, 1.82) is 0 Å². The lowest BCUT2D eigenvalue weighted by atomic mass is 10.0. The van der Waals surface area contributed by atoms with Gasteiger partial charge in [0.2, 0.25) is 18.4 Å². The number of nitrogens with one attached hydrogen (secondary N) is 1. The van der Waals surface area contributed by atoms with Crippen LogP contribution in [-0.4, -0.2) is 50.8 Å². The van der Waals surface area contributed by atoms with Gasteiger partial charge in [0, 0.05) is 5.56 Å². The van der Waals surface area contributed by atoms with Crippen molar-refractivity contribution in [3.8, 4) is 23.0 Å². The topological polar surface area (TPSA) is 109 Å². The lowest BCUT2D eigenvalue weighted by molar-refractivity contribution is -0.117. The largest absolute Gasteiger partial charge is 0.495 e. The highest BCUT2D eigenvalue weighted by atomic mass is 32.2. The highest BCUT2D eigenvalue weighted by molar-refractivity contribution is 7.98. The van der Waals surface area contributed by atoms with E-state index in [2.05, 4.69) is 5.32 Å². The van der Waals surface area contributed by atoms with Crippen LogP contribution < -0.4 is 30.0 Å². The van der Waals surface area contributed by atoms with Crippen molar-refractivity contribution in [1.82, 2.24) is 0 Å². The quantitative estimate of drug-likeness (QED) is 0.398. The van der Waals surface area contributed by atoms with Crippen LogP contribution in [0.3, 0.4) is 0 Å². The first kappa shape index (κ1) is 24.5. The van der Waals surface area contributed by atoms with E-state index in [4.69, 9.17) is 24.7 Å². The summed E-state index contributed by atoms with van der Waals surface area (Å²) < 4.78 is 21.5. The van der Waals surface area contributed by atoms with Crippen molar-refractivity contribution >= 4 is 35.2 Å². The number of fused-ring (bicyclic) bond motifs is 1.